The molecule has 1 fully saturated rings. The highest BCUT2D eigenvalue weighted by Crippen LogP contribution is 2.21. The first-order valence-corrected chi connectivity index (χ1v) is 7.74. The number of rotatable bonds is 3. The number of carbonyl (C=O) groups excluding carboxylic acids is 1. The molecule has 0 radical (unpaired) electrons. The Balaban J connectivity index is 1.78. The average Bonchev–Trinajstić information content (AvgIpc) is 2.59. The van der Waals surface area contributed by atoms with Crippen LogP contribution in [0, 0.1) is 6.92 Å². The van der Waals surface area contributed by atoms with E-state index in [0.29, 0.717) is 35.6 Å². The Morgan fingerprint density at radius 1 is 1.30 bits per heavy atom. The van der Waals surface area contributed by atoms with E-state index in [2.05, 4.69) is 15.3 Å². The van der Waals surface area contributed by atoms with E-state index in [1.165, 1.54) is 0 Å². The lowest BCUT2D eigenvalue weighted by Gasteiger charge is -2.26. The summed E-state index contributed by atoms with van der Waals surface area (Å²) in [5, 5.41) is 3.41. The molecular formula is C16H17ClN4O2. The lowest BCUT2D eigenvalue weighted by molar-refractivity contribution is 0.102. The number of aryl methyl sites for hydroxylation is 1. The number of hydrogen-bond acceptors (Lipinski definition) is 5. The van der Waals surface area contributed by atoms with E-state index in [9.17, 15) is 4.79 Å². The quantitative estimate of drug-likeness (QED) is 0.935. The van der Waals surface area contributed by atoms with Crippen molar-refractivity contribution >= 4 is 29.1 Å². The summed E-state index contributed by atoms with van der Waals surface area (Å²) in [7, 11) is 0. The number of ether oxygens (including phenoxy) is 1. The summed E-state index contributed by atoms with van der Waals surface area (Å²) >= 11 is 5.98. The minimum absolute atomic E-state index is 0.285. The van der Waals surface area contributed by atoms with Crippen molar-refractivity contribution in [3.05, 3.63) is 46.7 Å². The molecule has 0 unspecified atom stereocenters. The van der Waals surface area contributed by atoms with Gasteiger partial charge in [-0.25, -0.2) is 9.97 Å². The van der Waals surface area contributed by atoms with Gasteiger partial charge in [-0.2, -0.15) is 0 Å². The van der Waals surface area contributed by atoms with Gasteiger partial charge in [-0.15, -0.1) is 0 Å². The van der Waals surface area contributed by atoms with E-state index in [-0.39, 0.29) is 5.91 Å². The van der Waals surface area contributed by atoms with E-state index in [1.54, 1.807) is 24.4 Å². The van der Waals surface area contributed by atoms with E-state index < -0.39 is 0 Å². The third-order valence-electron chi connectivity index (χ3n) is 3.62. The maximum atomic E-state index is 12.4. The molecule has 0 atom stereocenters. The molecule has 0 spiro atoms. The maximum Gasteiger partial charge on any atom is 0.274 e. The minimum Gasteiger partial charge on any atom is -0.378 e. The predicted octanol–water partition coefficient (Wildman–Crippen LogP) is 2.53. The Labute approximate surface area is 139 Å². The van der Waals surface area contributed by atoms with Crippen molar-refractivity contribution in [3.8, 4) is 0 Å². The zero-order chi connectivity index (χ0) is 16.2. The predicted molar refractivity (Wildman–Crippen MR) is 89.2 cm³/mol. The molecule has 0 saturated carbocycles. The van der Waals surface area contributed by atoms with Crippen LogP contribution in [0.1, 0.15) is 16.1 Å². The smallest absolute Gasteiger partial charge is 0.274 e. The fourth-order valence-corrected chi connectivity index (χ4v) is 2.48. The van der Waals surface area contributed by atoms with Gasteiger partial charge in [0.05, 0.1) is 13.2 Å². The molecule has 0 aliphatic carbocycles. The molecule has 1 amide bonds. The van der Waals surface area contributed by atoms with Crippen molar-refractivity contribution < 1.29 is 9.53 Å². The first-order chi connectivity index (χ1) is 11.1. The van der Waals surface area contributed by atoms with E-state index in [1.807, 2.05) is 17.9 Å². The van der Waals surface area contributed by atoms with Gasteiger partial charge in [-0.05, 0) is 30.7 Å². The number of morpholine rings is 1. The number of anilines is 2. The maximum absolute atomic E-state index is 12.4. The van der Waals surface area contributed by atoms with Gasteiger partial charge in [-0.1, -0.05) is 17.7 Å². The third-order valence-corrected chi connectivity index (χ3v) is 3.85. The normalized spacial score (nSPS) is 14.6. The second-order valence-electron chi connectivity index (χ2n) is 5.25. The van der Waals surface area contributed by atoms with Crippen LogP contribution in [-0.2, 0) is 4.74 Å². The molecule has 1 aliphatic heterocycles. The second-order valence-corrected chi connectivity index (χ2v) is 5.69. The van der Waals surface area contributed by atoms with Gasteiger partial charge in [0.25, 0.3) is 5.91 Å². The Morgan fingerprint density at radius 2 is 2.09 bits per heavy atom. The molecule has 2 aromatic rings. The molecule has 120 valence electrons. The summed E-state index contributed by atoms with van der Waals surface area (Å²) in [6.07, 6.45) is 1.59. The van der Waals surface area contributed by atoms with E-state index in [0.717, 1.165) is 18.7 Å². The van der Waals surface area contributed by atoms with Crippen LogP contribution in [0.3, 0.4) is 0 Å². The van der Waals surface area contributed by atoms with Crippen molar-refractivity contribution in [1.82, 2.24) is 9.97 Å². The van der Waals surface area contributed by atoms with Crippen LogP contribution in [-0.4, -0.2) is 42.2 Å². The molecule has 1 N–H and O–H groups in total. The number of nitrogens with one attached hydrogen (secondary N) is 1. The number of nitrogens with zero attached hydrogens (tertiary/aromatic N) is 3. The minimum atomic E-state index is -0.285. The number of amides is 1. The Hall–Kier alpha value is -2.18. The zero-order valence-electron chi connectivity index (χ0n) is 12.8. The summed E-state index contributed by atoms with van der Waals surface area (Å²) in [5.41, 5.74) is 1.93. The highest BCUT2D eigenvalue weighted by molar-refractivity contribution is 6.31. The molecule has 1 aromatic carbocycles. The van der Waals surface area contributed by atoms with Crippen molar-refractivity contribution in [2.75, 3.05) is 36.5 Å². The molecule has 2 heterocycles. The van der Waals surface area contributed by atoms with Crippen LogP contribution in [0.2, 0.25) is 5.02 Å². The Kier molecular flexibility index (Phi) is 4.73. The van der Waals surface area contributed by atoms with Crippen LogP contribution in [0.25, 0.3) is 0 Å². The van der Waals surface area contributed by atoms with Gasteiger partial charge >= 0.3 is 0 Å². The summed E-state index contributed by atoms with van der Waals surface area (Å²) < 4.78 is 5.31. The number of aromatic nitrogens is 2. The molecule has 7 heteroatoms. The van der Waals surface area contributed by atoms with Gasteiger partial charge in [0.15, 0.2) is 0 Å². The fourth-order valence-electron chi connectivity index (χ4n) is 2.31. The number of hydrogen-bond donors (Lipinski definition) is 1. The SMILES string of the molecule is Cc1ccc(Cl)cc1NC(=O)c1ccnc(N2CCOCC2)n1. The van der Waals surface area contributed by atoms with Crippen molar-refractivity contribution in [2.24, 2.45) is 0 Å². The summed E-state index contributed by atoms with van der Waals surface area (Å²) in [6, 6.07) is 6.96. The van der Waals surface area contributed by atoms with Gasteiger partial charge in [0.2, 0.25) is 5.95 Å². The Morgan fingerprint density at radius 3 is 2.87 bits per heavy atom. The van der Waals surface area contributed by atoms with Crippen molar-refractivity contribution in [1.29, 1.82) is 0 Å². The molecule has 1 saturated heterocycles. The van der Waals surface area contributed by atoms with Gasteiger partial charge in [-0.3, -0.25) is 4.79 Å². The van der Waals surface area contributed by atoms with Crippen LogP contribution < -0.4 is 10.2 Å². The molecule has 3 rings (SSSR count). The summed E-state index contributed by atoms with van der Waals surface area (Å²) in [5.74, 6) is 0.260. The molecule has 0 bridgehead atoms. The Bertz CT molecular complexity index is 717. The summed E-state index contributed by atoms with van der Waals surface area (Å²) in [6.45, 7) is 4.63. The zero-order valence-corrected chi connectivity index (χ0v) is 13.5. The van der Waals surface area contributed by atoms with Crippen LogP contribution in [0.5, 0.6) is 0 Å². The van der Waals surface area contributed by atoms with Crippen LogP contribution in [0.4, 0.5) is 11.6 Å². The van der Waals surface area contributed by atoms with Gasteiger partial charge in [0, 0.05) is 30.0 Å². The van der Waals surface area contributed by atoms with Gasteiger partial charge < -0.3 is 15.0 Å². The van der Waals surface area contributed by atoms with Gasteiger partial charge in [0.1, 0.15) is 5.69 Å². The molecule has 23 heavy (non-hydrogen) atoms. The van der Waals surface area contributed by atoms with Crippen molar-refractivity contribution in [3.63, 3.8) is 0 Å². The third kappa shape index (κ3) is 3.78. The second kappa shape index (κ2) is 6.93. The largest absolute Gasteiger partial charge is 0.378 e. The number of halogens is 1. The first kappa shape index (κ1) is 15.7. The highest BCUT2D eigenvalue weighted by Gasteiger charge is 2.16. The van der Waals surface area contributed by atoms with Crippen LogP contribution in [0.15, 0.2) is 30.5 Å². The molecular weight excluding hydrogens is 316 g/mol. The van der Waals surface area contributed by atoms with Crippen molar-refractivity contribution in [2.45, 2.75) is 6.92 Å². The molecule has 1 aromatic heterocycles. The number of carbonyl (C=O) groups is 1. The van der Waals surface area contributed by atoms with E-state index in [4.69, 9.17) is 16.3 Å². The first-order valence-electron chi connectivity index (χ1n) is 7.37. The monoisotopic (exact) mass is 332 g/mol. The molecule has 6 nitrogen and oxygen atoms in total. The average molecular weight is 333 g/mol. The van der Waals surface area contributed by atoms with Crippen LogP contribution >= 0.6 is 11.6 Å². The highest BCUT2D eigenvalue weighted by atomic mass is 35.5. The van der Waals surface area contributed by atoms with E-state index >= 15 is 0 Å². The fraction of sp³-hybridized carbons (Fsp3) is 0.312. The lowest BCUT2D eigenvalue weighted by atomic mass is 10.2. The summed E-state index contributed by atoms with van der Waals surface area (Å²) in [4.78, 5) is 23.0. The standard InChI is InChI=1S/C16H17ClN4O2/c1-11-2-3-12(17)10-14(11)19-15(22)13-4-5-18-16(20-13)21-6-8-23-9-7-21/h2-5,10H,6-9H2,1H3,(H,19,22). The number of benzene rings is 1. The molecule has 1 aliphatic rings. The topological polar surface area (TPSA) is 67.4 Å². The lowest BCUT2D eigenvalue weighted by Crippen LogP contribution is -2.37.